The second-order valence-corrected chi connectivity index (χ2v) is 3.76. The highest BCUT2D eigenvalue weighted by atomic mass is 14.8. The fourth-order valence-electron chi connectivity index (χ4n) is 1.77. The lowest BCUT2D eigenvalue weighted by atomic mass is 10.0. The van der Waals surface area contributed by atoms with E-state index in [4.69, 9.17) is 11.0 Å². The first-order valence-corrected chi connectivity index (χ1v) is 5.51. The highest BCUT2D eigenvalue weighted by molar-refractivity contribution is 5.67. The van der Waals surface area contributed by atoms with Crippen molar-refractivity contribution in [3.05, 3.63) is 47.5 Å². The van der Waals surface area contributed by atoms with Crippen molar-refractivity contribution >= 4 is 5.82 Å². The van der Waals surface area contributed by atoms with Gasteiger partial charge in [-0.05, 0) is 18.1 Å². The molecule has 84 valence electrons. The monoisotopic (exact) mass is 223 g/mol. The molecule has 1 aromatic carbocycles. The summed E-state index contributed by atoms with van der Waals surface area (Å²) >= 11 is 0. The maximum atomic E-state index is 8.93. The van der Waals surface area contributed by atoms with E-state index in [1.807, 2.05) is 43.3 Å². The van der Waals surface area contributed by atoms with E-state index in [9.17, 15) is 0 Å². The van der Waals surface area contributed by atoms with Gasteiger partial charge in [-0.15, -0.1) is 0 Å². The fourth-order valence-corrected chi connectivity index (χ4v) is 1.77. The second kappa shape index (κ2) is 4.67. The smallest absolute Gasteiger partial charge is 0.142 e. The van der Waals surface area contributed by atoms with E-state index >= 15 is 0 Å². The van der Waals surface area contributed by atoms with Crippen LogP contribution in [0.3, 0.4) is 0 Å². The molecule has 2 N–H and O–H groups in total. The Morgan fingerprint density at radius 2 is 2.00 bits per heavy atom. The van der Waals surface area contributed by atoms with Crippen molar-refractivity contribution < 1.29 is 0 Å². The molecule has 1 heterocycles. The zero-order valence-corrected chi connectivity index (χ0v) is 9.64. The molecule has 0 aliphatic heterocycles. The Kier molecular flexibility index (Phi) is 3.06. The minimum Gasteiger partial charge on any atom is -0.383 e. The number of nitrogen functional groups attached to an aromatic ring is 1. The Labute approximate surface area is 101 Å². The van der Waals surface area contributed by atoms with Gasteiger partial charge in [-0.1, -0.05) is 37.3 Å². The highest BCUT2D eigenvalue weighted by Crippen LogP contribution is 2.25. The van der Waals surface area contributed by atoms with E-state index < -0.39 is 0 Å². The number of pyridine rings is 1. The summed E-state index contributed by atoms with van der Waals surface area (Å²) < 4.78 is 0. The average Bonchev–Trinajstić information content (AvgIpc) is 2.39. The van der Waals surface area contributed by atoms with Gasteiger partial charge in [-0.2, -0.15) is 5.26 Å². The molecular formula is C14H13N3. The van der Waals surface area contributed by atoms with Gasteiger partial charge in [0, 0.05) is 5.56 Å². The van der Waals surface area contributed by atoms with Gasteiger partial charge in [0.15, 0.2) is 0 Å². The van der Waals surface area contributed by atoms with Gasteiger partial charge in [0.25, 0.3) is 0 Å². The summed E-state index contributed by atoms with van der Waals surface area (Å²) in [6.07, 6.45) is 0.826. The molecule has 2 rings (SSSR count). The first kappa shape index (κ1) is 11.2. The summed E-state index contributed by atoms with van der Waals surface area (Å²) in [4.78, 5) is 4.34. The number of nitrogens with two attached hydrogens (primary N) is 1. The highest BCUT2D eigenvalue weighted by Gasteiger charge is 2.09. The molecule has 1 aromatic heterocycles. The molecule has 0 amide bonds. The molecule has 0 bridgehead atoms. The molecule has 0 saturated carbocycles. The number of hydrogen-bond donors (Lipinski definition) is 1. The number of rotatable bonds is 2. The van der Waals surface area contributed by atoms with Gasteiger partial charge in [-0.25, -0.2) is 4.98 Å². The number of aryl methyl sites for hydroxylation is 1. The molecule has 17 heavy (non-hydrogen) atoms. The van der Waals surface area contributed by atoms with Crippen LogP contribution in [0, 0.1) is 11.3 Å². The van der Waals surface area contributed by atoms with Crippen molar-refractivity contribution in [3.8, 4) is 17.3 Å². The van der Waals surface area contributed by atoms with Crippen molar-refractivity contribution in [2.45, 2.75) is 13.3 Å². The van der Waals surface area contributed by atoms with Gasteiger partial charge in [-0.3, -0.25) is 0 Å². The largest absolute Gasteiger partial charge is 0.383 e. The van der Waals surface area contributed by atoms with Crippen LogP contribution in [0.2, 0.25) is 0 Å². The Morgan fingerprint density at radius 1 is 1.29 bits per heavy atom. The summed E-state index contributed by atoms with van der Waals surface area (Å²) in [6.45, 7) is 2.04. The summed E-state index contributed by atoms with van der Waals surface area (Å²) in [5, 5.41) is 8.93. The Balaban J connectivity index is 2.63. The summed E-state index contributed by atoms with van der Waals surface area (Å²) in [5.74, 6) is 0.295. The van der Waals surface area contributed by atoms with Crippen LogP contribution in [0.15, 0.2) is 36.4 Å². The lowest BCUT2D eigenvalue weighted by Gasteiger charge is -2.09. The Hall–Kier alpha value is -2.34. The summed E-state index contributed by atoms with van der Waals surface area (Å²) in [6, 6.07) is 13.8. The van der Waals surface area contributed by atoms with Gasteiger partial charge in [0.2, 0.25) is 0 Å². The third-order valence-corrected chi connectivity index (χ3v) is 2.68. The molecule has 0 aliphatic carbocycles. The topological polar surface area (TPSA) is 62.7 Å². The third-order valence-electron chi connectivity index (χ3n) is 2.68. The predicted molar refractivity (Wildman–Crippen MR) is 68.2 cm³/mol. The van der Waals surface area contributed by atoms with Crippen LogP contribution in [0.4, 0.5) is 5.82 Å². The number of hydrogen-bond acceptors (Lipinski definition) is 3. The third kappa shape index (κ3) is 2.11. The molecule has 0 aliphatic rings. The first-order chi connectivity index (χ1) is 8.26. The van der Waals surface area contributed by atoms with Crippen LogP contribution >= 0.6 is 0 Å². The van der Waals surface area contributed by atoms with Crippen LogP contribution < -0.4 is 5.73 Å². The molecule has 3 heteroatoms. The van der Waals surface area contributed by atoms with Gasteiger partial charge in [0.05, 0.1) is 11.3 Å². The maximum Gasteiger partial charge on any atom is 0.142 e. The zero-order valence-electron chi connectivity index (χ0n) is 9.64. The van der Waals surface area contributed by atoms with Crippen LogP contribution in [0.1, 0.15) is 18.1 Å². The number of aromatic nitrogens is 1. The van der Waals surface area contributed by atoms with E-state index in [-0.39, 0.29) is 0 Å². The van der Waals surface area contributed by atoms with Gasteiger partial charge < -0.3 is 5.73 Å². The zero-order chi connectivity index (χ0) is 12.3. The number of nitrogens with zero attached hydrogens (tertiary/aromatic N) is 2. The average molecular weight is 223 g/mol. The lowest BCUT2D eigenvalue weighted by Crippen LogP contribution is -2.00. The number of benzene rings is 1. The molecule has 3 nitrogen and oxygen atoms in total. The minimum absolute atomic E-state index is 0.295. The van der Waals surface area contributed by atoms with Crippen LogP contribution in [-0.2, 0) is 6.42 Å². The van der Waals surface area contributed by atoms with Gasteiger partial charge in [0.1, 0.15) is 11.9 Å². The van der Waals surface area contributed by atoms with E-state index in [1.54, 1.807) is 0 Å². The predicted octanol–water partition coefficient (Wildman–Crippen LogP) is 2.76. The van der Waals surface area contributed by atoms with Crippen molar-refractivity contribution in [1.29, 1.82) is 5.26 Å². The summed E-state index contributed by atoms with van der Waals surface area (Å²) in [7, 11) is 0. The summed E-state index contributed by atoms with van der Waals surface area (Å²) in [5.41, 5.74) is 9.14. The molecule has 0 unspecified atom stereocenters. The number of anilines is 1. The quantitative estimate of drug-likeness (QED) is 0.851. The van der Waals surface area contributed by atoms with Crippen molar-refractivity contribution in [2.24, 2.45) is 0 Å². The molecule has 0 spiro atoms. The molecule has 0 fully saturated rings. The van der Waals surface area contributed by atoms with E-state index in [1.165, 1.54) is 0 Å². The molecular weight excluding hydrogens is 210 g/mol. The second-order valence-electron chi connectivity index (χ2n) is 3.76. The van der Waals surface area contributed by atoms with Crippen LogP contribution in [0.25, 0.3) is 11.3 Å². The first-order valence-electron chi connectivity index (χ1n) is 5.51. The van der Waals surface area contributed by atoms with E-state index in [2.05, 4.69) is 11.1 Å². The Bertz CT molecular complexity index is 568. The fraction of sp³-hybridized carbons (Fsp3) is 0.143. The maximum absolute atomic E-state index is 8.93. The lowest BCUT2D eigenvalue weighted by molar-refractivity contribution is 1.11. The van der Waals surface area contributed by atoms with E-state index in [0.29, 0.717) is 11.4 Å². The normalized spacial score (nSPS) is 9.88. The molecule has 0 radical (unpaired) electrons. The van der Waals surface area contributed by atoms with Crippen molar-refractivity contribution in [3.63, 3.8) is 0 Å². The van der Waals surface area contributed by atoms with Gasteiger partial charge >= 0.3 is 0 Å². The van der Waals surface area contributed by atoms with Crippen molar-refractivity contribution in [1.82, 2.24) is 4.98 Å². The van der Waals surface area contributed by atoms with E-state index in [0.717, 1.165) is 23.2 Å². The minimum atomic E-state index is 0.295. The van der Waals surface area contributed by atoms with Crippen LogP contribution in [0.5, 0.6) is 0 Å². The van der Waals surface area contributed by atoms with Crippen LogP contribution in [-0.4, -0.2) is 4.98 Å². The number of nitriles is 1. The SMILES string of the molecule is CCc1cc(C#N)c(N)nc1-c1ccccc1. The Morgan fingerprint density at radius 3 is 2.59 bits per heavy atom. The molecule has 0 atom stereocenters. The molecule has 0 saturated heterocycles. The standard InChI is InChI=1S/C14H13N3/c1-2-10-8-12(9-15)14(16)17-13(10)11-6-4-3-5-7-11/h3-8H,2H2,1H3,(H2,16,17). The molecule has 2 aromatic rings. The van der Waals surface area contributed by atoms with Crippen molar-refractivity contribution in [2.75, 3.05) is 5.73 Å².